The molecule has 19 heavy (non-hydrogen) atoms. The molecule has 2 fully saturated rings. The molecule has 0 bridgehead atoms. The van der Waals surface area contributed by atoms with E-state index < -0.39 is 0 Å². The fourth-order valence-electron chi connectivity index (χ4n) is 2.55. The van der Waals surface area contributed by atoms with Crippen LogP contribution in [0.4, 0.5) is 11.6 Å². The third kappa shape index (κ3) is 3.15. The Labute approximate surface area is 114 Å². The van der Waals surface area contributed by atoms with Gasteiger partial charge in [-0.05, 0) is 45.8 Å². The van der Waals surface area contributed by atoms with Gasteiger partial charge in [0, 0.05) is 25.1 Å². The first-order valence-electron chi connectivity index (χ1n) is 7.26. The second kappa shape index (κ2) is 5.33. The van der Waals surface area contributed by atoms with Crippen molar-refractivity contribution in [1.29, 1.82) is 0 Å². The first-order valence-corrected chi connectivity index (χ1v) is 7.26. The third-order valence-electron chi connectivity index (χ3n) is 4.01. The Morgan fingerprint density at radius 2 is 1.79 bits per heavy atom. The van der Waals surface area contributed by atoms with Crippen molar-refractivity contribution >= 4 is 11.6 Å². The minimum atomic E-state index is 0.544. The number of hydrogen-bond donors (Lipinski definition) is 2. The minimum absolute atomic E-state index is 0.544. The normalized spacial score (nSPS) is 21.4. The van der Waals surface area contributed by atoms with Crippen LogP contribution < -0.4 is 10.6 Å². The van der Waals surface area contributed by atoms with Gasteiger partial charge in [0.25, 0.3) is 0 Å². The molecule has 1 saturated carbocycles. The Morgan fingerprint density at radius 1 is 1.11 bits per heavy atom. The monoisotopic (exact) mass is 261 g/mol. The molecule has 0 atom stereocenters. The van der Waals surface area contributed by atoms with E-state index in [1.54, 1.807) is 0 Å². The van der Waals surface area contributed by atoms with Crippen molar-refractivity contribution in [3.8, 4) is 0 Å². The Bertz CT molecular complexity index is 435. The molecule has 5 heteroatoms. The first kappa shape index (κ1) is 12.7. The van der Waals surface area contributed by atoms with Crippen LogP contribution in [-0.4, -0.2) is 48.1 Å². The van der Waals surface area contributed by atoms with E-state index in [9.17, 15) is 0 Å². The zero-order valence-electron chi connectivity index (χ0n) is 11.8. The van der Waals surface area contributed by atoms with Crippen LogP contribution in [0, 0.1) is 0 Å². The summed E-state index contributed by atoms with van der Waals surface area (Å²) in [5.74, 6) is 3.50. The Morgan fingerprint density at radius 3 is 2.42 bits per heavy atom. The molecule has 0 unspecified atom stereocenters. The molecule has 2 heterocycles. The molecule has 0 spiro atoms. The predicted octanol–water partition coefficient (Wildman–Crippen LogP) is 1.90. The summed E-state index contributed by atoms with van der Waals surface area (Å²) in [4.78, 5) is 11.6. The average molecular weight is 261 g/mol. The third-order valence-corrected chi connectivity index (χ3v) is 4.01. The van der Waals surface area contributed by atoms with Gasteiger partial charge in [0.05, 0.1) is 0 Å². The van der Waals surface area contributed by atoms with Gasteiger partial charge >= 0.3 is 0 Å². The van der Waals surface area contributed by atoms with Crippen molar-refractivity contribution in [2.45, 2.75) is 37.6 Å². The van der Waals surface area contributed by atoms with Gasteiger partial charge in [0.2, 0.25) is 0 Å². The molecule has 1 saturated heterocycles. The average Bonchev–Trinajstić information content (AvgIpc) is 3.25. The van der Waals surface area contributed by atoms with Crippen molar-refractivity contribution in [3.63, 3.8) is 0 Å². The number of likely N-dealkylation sites (tertiary alicyclic amines) is 1. The van der Waals surface area contributed by atoms with Crippen LogP contribution in [0.15, 0.2) is 6.07 Å². The van der Waals surface area contributed by atoms with E-state index in [0.717, 1.165) is 30.5 Å². The summed E-state index contributed by atoms with van der Waals surface area (Å²) in [5, 5.41) is 6.72. The highest BCUT2D eigenvalue weighted by atomic mass is 15.1. The van der Waals surface area contributed by atoms with Crippen molar-refractivity contribution in [2.24, 2.45) is 0 Å². The second-order valence-corrected chi connectivity index (χ2v) is 5.74. The maximum atomic E-state index is 4.68. The summed E-state index contributed by atoms with van der Waals surface area (Å²) >= 11 is 0. The van der Waals surface area contributed by atoms with Gasteiger partial charge in [-0.1, -0.05) is 0 Å². The molecule has 2 aliphatic rings. The lowest BCUT2D eigenvalue weighted by molar-refractivity contribution is 0.263. The predicted molar refractivity (Wildman–Crippen MR) is 77.7 cm³/mol. The summed E-state index contributed by atoms with van der Waals surface area (Å²) in [6.07, 6.45) is 4.85. The number of hydrogen-bond acceptors (Lipinski definition) is 5. The maximum absolute atomic E-state index is 4.68. The minimum Gasteiger partial charge on any atom is -0.373 e. The zero-order valence-corrected chi connectivity index (χ0v) is 11.8. The molecule has 3 rings (SSSR count). The van der Waals surface area contributed by atoms with Crippen LogP contribution in [0.1, 0.15) is 37.4 Å². The second-order valence-electron chi connectivity index (χ2n) is 5.74. The van der Waals surface area contributed by atoms with Crippen LogP contribution in [0.25, 0.3) is 0 Å². The van der Waals surface area contributed by atoms with Crippen molar-refractivity contribution < 1.29 is 0 Å². The van der Waals surface area contributed by atoms with E-state index >= 15 is 0 Å². The molecule has 1 aromatic rings. The molecular weight excluding hydrogens is 238 g/mol. The molecule has 0 amide bonds. The Balaban J connectivity index is 1.70. The number of nitrogens with zero attached hydrogens (tertiary/aromatic N) is 3. The lowest BCUT2D eigenvalue weighted by atomic mass is 10.1. The first-order chi connectivity index (χ1) is 9.24. The summed E-state index contributed by atoms with van der Waals surface area (Å²) in [6, 6.07) is 2.56. The van der Waals surface area contributed by atoms with E-state index in [-0.39, 0.29) is 0 Å². The smallest absolute Gasteiger partial charge is 0.136 e. The van der Waals surface area contributed by atoms with Gasteiger partial charge in [0.1, 0.15) is 17.5 Å². The quantitative estimate of drug-likeness (QED) is 0.867. The van der Waals surface area contributed by atoms with E-state index in [4.69, 9.17) is 0 Å². The highest BCUT2D eigenvalue weighted by Gasteiger charge is 2.27. The molecule has 1 aliphatic heterocycles. The fourth-order valence-corrected chi connectivity index (χ4v) is 2.55. The van der Waals surface area contributed by atoms with Crippen molar-refractivity contribution in [2.75, 3.05) is 37.8 Å². The largest absolute Gasteiger partial charge is 0.373 e. The number of anilines is 2. The number of nitrogens with one attached hydrogen (secondary N) is 2. The number of aromatic nitrogens is 2. The van der Waals surface area contributed by atoms with Gasteiger partial charge < -0.3 is 15.5 Å². The molecule has 2 N–H and O–H groups in total. The molecule has 1 aliphatic carbocycles. The van der Waals surface area contributed by atoms with Gasteiger partial charge in [-0.3, -0.25) is 0 Å². The van der Waals surface area contributed by atoms with Crippen molar-refractivity contribution in [1.82, 2.24) is 14.9 Å². The molecule has 1 aromatic heterocycles. The summed E-state index contributed by atoms with van der Waals surface area (Å²) in [5.41, 5.74) is 0. The van der Waals surface area contributed by atoms with Gasteiger partial charge in [-0.2, -0.15) is 0 Å². The highest BCUT2D eigenvalue weighted by Crippen LogP contribution is 2.38. The van der Waals surface area contributed by atoms with Crippen LogP contribution in [0.3, 0.4) is 0 Å². The fraction of sp³-hybridized carbons (Fsp3) is 0.714. The van der Waals surface area contributed by atoms with E-state index in [1.165, 1.54) is 25.7 Å². The maximum Gasteiger partial charge on any atom is 0.136 e. The van der Waals surface area contributed by atoms with Crippen LogP contribution in [0.2, 0.25) is 0 Å². The standard InChI is InChI=1S/C14H23N5/c1-15-12-9-13(18-14(17-12)10-3-4-10)16-11-5-7-19(2)8-6-11/h9-11H,3-8H2,1-2H3,(H2,15,16,17,18). The van der Waals surface area contributed by atoms with Gasteiger partial charge in [-0.25, -0.2) is 9.97 Å². The number of rotatable bonds is 4. The molecule has 5 nitrogen and oxygen atoms in total. The molecule has 0 aromatic carbocycles. The van der Waals surface area contributed by atoms with Crippen LogP contribution in [0.5, 0.6) is 0 Å². The van der Waals surface area contributed by atoms with E-state index in [2.05, 4.69) is 32.5 Å². The lowest BCUT2D eigenvalue weighted by Gasteiger charge is -2.29. The Kier molecular flexibility index (Phi) is 3.55. The van der Waals surface area contributed by atoms with Crippen molar-refractivity contribution in [3.05, 3.63) is 11.9 Å². The number of piperidine rings is 1. The molecule has 0 radical (unpaired) electrons. The topological polar surface area (TPSA) is 53.1 Å². The van der Waals surface area contributed by atoms with E-state index in [1.807, 2.05) is 13.1 Å². The van der Waals surface area contributed by atoms with Crippen LogP contribution >= 0.6 is 0 Å². The van der Waals surface area contributed by atoms with Crippen LogP contribution in [-0.2, 0) is 0 Å². The SMILES string of the molecule is CNc1cc(NC2CCN(C)CC2)nc(C2CC2)n1. The lowest BCUT2D eigenvalue weighted by Crippen LogP contribution is -2.36. The zero-order chi connectivity index (χ0) is 13.2. The van der Waals surface area contributed by atoms with E-state index in [0.29, 0.717) is 12.0 Å². The highest BCUT2D eigenvalue weighted by molar-refractivity contribution is 5.48. The summed E-state index contributed by atoms with van der Waals surface area (Å²) < 4.78 is 0. The molecular formula is C14H23N5. The summed E-state index contributed by atoms with van der Waals surface area (Å²) in [7, 11) is 4.10. The molecule has 104 valence electrons. The summed E-state index contributed by atoms with van der Waals surface area (Å²) in [6.45, 7) is 2.33. The van der Waals surface area contributed by atoms with Gasteiger partial charge in [-0.15, -0.1) is 0 Å². The van der Waals surface area contributed by atoms with Gasteiger partial charge in [0.15, 0.2) is 0 Å². The Hall–Kier alpha value is -1.36.